The molecule has 0 amide bonds. The van der Waals surface area contributed by atoms with Crippen LogP contribution < -0.4 is 5.90 Å². The largest absolute Gasteiger partial charge is 0.338 e. The van der Waals surface area contributed by atoms with Gasteiger partial charge in [0.15, 0.2) is 0 Å². The average molecular weight is 201 g/mol. The summed E-state index contributed by atoms with van der Waals surface area (Å²) in [5.74, 6) is 4.92. The van der Waals surface area contributed by atoms with E-state index < -0.39 is 0 Å². The van der Waals surface area contributed by atoms with E-state index >= 15 is 0 Å². The van der Waals surface area contributed by atoms with E-state index in [1.165, 1.54) is 0 Å². The van der Waals surface area contributed by atoms with Crippen LogP contribution in [0.2, 0.25) is 0 Å². The molecule has 1 unspecified atom stereocenters. The Balaban J connectivity index is 2.32. The summed E-state index contributed by atoms with van der Waals surface area (Å²) >= 11 is 0. The van der Waals surface area contributed by atoms with Crippen LogP contribution in [0.3, 0.4) is 0 Å². The van der Waals surface area contributed by atoms with Crippen molar-refractivity contribution in [1.82, 2.24) is 9.80 Å². The van der Waals surface area contributed by atoms with Crippen LogP contribution >= 0.6 is 0 Å². The molecule has 0 saturated heterocycles. The normalized spacial score (nSPS) is 20.9. The molecule has 5 heteroatoms. The van der Waals surface area contributed by atoms with Gasteiger partial charge in [-0.3, -0.25) is 0 Å². The van der Waals surface area contributed by atoms with Crippen LogP contribution in [-0.4, -0.2) is 43.0 Å². The van der Waals surface area contributed by atoms with Crippen molar-refractivity contribution in [3.63, 3.8) is 0 Å². The van der Waals surface area contributed by atoms with Crippen LogP contribution in [0.1, 0.15) is 13.3 Å². The molecule has 2 N–H and O–H groups in total. The predicted molar refractivity (Wildman–Crippen MR) is 53.8 cm³/mol. The summed E-state index contributed by atoms with van der Waals surface area (Å²) in [5.41, 5.74) is 0. The minimum absolute atomic E-state index is 0.00917. The fourth-order valence-corrected chi connectivity index (χ4v) is 1.43. The lowest BCUT2D eigenvalue weighted by Gasteiger charge is -2.29. The van der Waals surface area contributed by atoms with Gasteiger partial charge in [0.25, 0.3) is 0 Å². The summed E-state index contributed by atoms with van der Waals surface area (Å²) in [6.07, 6.45) is 5.14. The first-order chi connectivity index (χ1) is 6.79. The fraction of sp³-hybridized carbons (Fsp3) is 0.778. The molecule has 0 aromatic rings. The maximum absolute atomic E-state index is 5.61. The molecular formula is C9H19N3O2. The summed E-state index contributed by atoms with van der Waals surface area (Å²) in [6, 6.07) is 0. The number of hydrogen-bond acceptors (Lipinski definition) is 5. The predicted octanol–water partition coefficient (Wildman–Crippen LogP) is 0.306. The van der Waals surface area contributed by atoms with E-state index in [0.717, 1.165) is 13.0 Å². The molecule has 0 aromatic carbocycles. The molecule has 1 aliphatic rings. The quantitative estimate of drug-likeness (QED) is 0.495. The highest BCUT2D eigenvalue weighted by Gasteiger charge is 2.22. The Bertz CT molecular complexity index is 187. The number of ether oxygens (including phenoxy) is 1. The highest BCUT2D eigenvalue weighted by molar-refractivity contribution is 4.91. The number of hydrogen-bond donors (Lipinski definition) is 1. The second kappa shape index (κ2) is 5.85. The first-order valence-corrected chi connectivity index (χ1v) is 4.89. The van der Waals surface area contributed by atoms with Gasteiger partial charge in [0.1, 0.15) is 0 Å². The van der Waals surface area contributed by atoms with Crippen LogP contribution in [0.15, 0.2) is 12.4 Å². The van der Waals surface area contributed by atoms with E-state index in [1.807, 2.05) is 24.3 Å². The lowest BCUT2D eigenvalue weighted by atomic mass is 10.4. The average Bonchev–Trinajstić information content (AvgIpc) is 2.50. The highest BCUT2D eigenvalue weighted by atomic mass is 16.6. The van der Waals surface area contributed by atoms with Crippen molar-refractivity contribution in [3.05, 3.63) is 12.4 Å². The Morgan fingerprint density at radius 1 is 1.36 bits per heavy atom. The van der Waals surface area contributed by atoms with Crippen LogP contribution in [0.5, 0.6) is 0 Å². The van der Waals surface area contributed by atoms with Crippen LogP contribution in [0.4, 0.5) is 0 Å². The molecule has 0 bridgehead atoms. The smallest absolute Gasteiger partial charge is 0.209 e. The zero-order chi connectivity index (χ0) is 10.4. The van der Waals surface area contributed by atoms with E-state index in [9.17, 15) is 0 Å². The van der Waals surface area contributed by atoms with Crippen LogP contribution in [0.25, 0.3) is 0 Å². The van der Waals surface area contributed by atoms with Crippen molar-refractivity contribution in [2.45, 2.75) is 19.7 Å². The molecule has 82 valence electrons. The third kappa shape index (κ3) is 2.87. The van der Waals surface area contributed by atoms with Crippen molar-refractivity contribution < 1.29 is 9.57 Å². The molecule has 0 spiro atoms. The van der Waals surface area contributed by atoms with E-state index in [-0.39, 0.29) is 6.35 Å². The van der Waals surface area contributed by atoms with E-state index in [0.29, 0.717) is 13.2 Å². The minimum Gasteiger partial charge on any atom is -0.338 e. The molecule has 0 saturated carbocycles. The van der Waals surface area contributed by atoms with Crippen molar-refractivity contribution in [2.24, 2.45) is 5.90 Å². The molecular weight excluding hydrogens is 182 g/mol. The fourth-order valence-electron chi connectivity index (χ4n) is 1.43. The first-order valence-electron chi connectivity index (χ1n) is 4.89. The second-order valence-corrected chi connectivity index (χ2v) is 3.27. The van der Waals surface area contributed by atoms with E-state index in [1.54, 1.807) is 0 Å². The number of nitrogens with two attached hydrogens (primary N) is 1. The monoisotopic (exact) mass is 201 g/mol. The van der Waals surface area contributed by atoms with Crippen molar-refractivity contribution in [3.8, 4) is 0 Å². The van der Waals surface area contributed by atoms with Crippen molar-refractivity contribution in [2.75, 3.05) is 26.8 Å². The molecule has 1 rings (SSSR count). The van der Waals surface area contributed by atoms with Crippen molar-refractivity contribution >= 4 is 0 Å². The van der Waals surface area contributed by atoms with Gasteiger partial charge >= 0.3 is 0 Å². The SMILES string of the molecule is CCCN1C=CN(C)C1OCCON. The Morgan fingerprint density at radius 3 is 2.79 bits per heavy atom. The molecule has 1 atom stereocenters. The van der Waals surface area contributed by atoms with Crippen molar-refractivity contribution in [1.29, 1.82) is 0 Å². The molecule has 0 fully saturated rings. The maximum Gasteiger partial charge on any atom is 0.209 e. The van der Waals surface area contributed by atoms with Crippen LogP contribution in [-0.2, 0) is 9.57 Å². The zero-order valence-corrected chi connectivity index (χ0v) is 8.85. The second-order valence-electron chi connectivity index (χ2n) is 3.27. The van der Waals surface area contributed by atoms with Gasteiger partial charge in [0, 0.05) is 26.0 Å². The molecule has 0 aromatic heterocycles. The van der Waals surface area contributed by atoms with Gasteiger partial charge in [-0.25, -0.2) is 5.90 Å². The standard InChI is InChI=1S/C9H19N3O2/c1-3-4-12-6-5-11(2)9(12)13-7-8-14-10/h5-6,9H,3-4,7-8,10H2,1-2H3. The van der Waals surface area contributed by atoms with Gasteiger partial charge < -0.3 is 19.4 Å². The summed E-state index contributed by atoms with van der Waals surface area (Å²) in [6.45, 7) is 4.07. The van der Waals surface area contributed by atoms with Crippen LogP contribution in [0, 0.1) is 0 Å². The van der Waals surface area contributed by atoms with Gasteiger partial charge in [0.2, 0.25) is 6.35 Å². The number of rotatable bonds is 6. The summed E-state index contributed by atoms with van der Waals surface area (Å²) in [7, 11) is 1.99. The van der Waals surface area contributed by atoms with Gasteiger partial charge in [-0.2, -0.15) is 0 Å². The Kier molecular flexibility index (Phi) is 4.72. The minimum atomic E-state index is -0.00917. The van der Waals surface area contributed by atoms with Gasteiger partial charge in [0.05, 0.1) is 13.2 Å². The number of nitrogens with zero attached hydrogens (tertiary/aromatic N) is 2. The molecule has 1 heterocycles. The van der Waals surface area contributed by atoms with E-state index in [4.69, 9.17) is 10.6 Å². The Labute approximate surface area is 85.0 Å². The van der Waals surface area contributed by atoms with E-state index in [2.05, 4.69) is 16.7 Å². The Morgan fingerprint density at radius 2 is 2.14 bits per heavy atom. The molecule has 14 heavy (non-hydrogen) atoms. The molecule has 0 aliphatic carbocycles. The third-order valence-corrected chi connectivity index (χ3v) is 2.08. The zero-order valence-electron chi connectivity index (χ0n) is 8.85. The molecule has 0 radical (unpaired) electrons. The first kappa shape index (κ1) is 11.3. The lowest BCUT2D eigenvalue weighted by Crippen LogP contribution is -2.40. The topological polar surface area (TPSA) is 51.0 Å². The molecule has 5 nitrogen and oxygen atoms in total. The van der Waals surface area contributed by atoms with Gasteiger partial charge in [-0.1, -0.05) is 6.92 Å². The highest BCUT2D eigenvalue weighted by Crippen LogP contribution is 2.14. The van der Waals surface area contributed by atoms with Gasteiger partial charge in [-0.15, -0.1) is 0 Å². The lowest BCUT2D eigenvalue weighted by molar-refractivity contribution is -0.108. The molecule has 1 aliphatic heterocycles. The van der Waals surface area contributed by atoms with Gasteiger partial charge in [-0.05, 0) is 6.42 Å². The maximum atomic E-state index is 5.61. The summed E-state index contributed by atoms with van der Waals surface area (Å²) in [4.78, 5) is 8.62. The summed E-state index contributed by atoms with van der Waals surface area (Å²) in [5, 5.41) is 0. The third-order valence-electron chi connectivity index (χ3n) is 2.08. The Hall–Kier alpha value is -0.780. The summed E-state index contributed by atoms with van der Waals surface area (Å²) < 4.78 is 5.61.